The van der Waals surface area contributed by atoms with E-state index < -0.39 is 0 Å². The molecular formula is C12H25NO. The van der Waals surface area contributed by atoms with Crippen LogP contribution in [0.3, 0.4) is 0 Å². The summed E-state index contributed by atoms with van der Waals surface area (Å²) in [5.74, 6) is 0. The number of aliphatic hydroxyl groups excluding tert-OH is 1. The minimum atomic E-state index is 0.353. The second-order valence-corrected chi connectivity index (χ2v) is 4.50. The fraction of sp³-hybridized carbons (Fsp3) is 1.00. The average molecular weight is 199 g/mol. The fourth-order valence-electron chi connectivity index (χ4n) is 2.31. The van der Waals surface area contributed by atoms with Crippen LogP contribution in [0.5, 0.6) is 0 Å². The third-order valence-electron chi connectivity index (χ3n) is 3.20. The summed E-state index contributed by atoms with van der Waals surface area (Å²) in [6.45, 7) is 2.61. The van der Waals surface area contributed by atoms with E-state index in [9.17, 15) is 0 Å². The molecule has 0 amide bonds. The zero-order valence-corrected chi connectivity index (χ0v) is 9.47. The van der Waals surface area contributed by atoms with Crippen LogP contribution in [-0.2, 0) is 0 Å². The Kier molecular flexibility index (Phi) is 6.20. The summed E-state index contributed by atoms with van der Waals surface area (Å²) in [6, 6.07) is 1.53. The molecule has 14 heavy (non-hydrogen) atoms. The summed E-state index contributed by atoms with van der Waals surface area (Å²) in [4.78, 5) is 0. The average Bonchev–Trinajstić information content (AvgIpc) is 2.63. The van der Waals surface area contributed by atoms with E-state index in [1.807, 2.05) is 0 Å². The summed E-state index contributed by atoms with van der Waals surface area (Å²) in [5.41, 5.74) is 0. The number of aliphatic hydroxyl groups is 1. The first-order chi connectivity index (χ1) is 6.86. The Labute approximate surface area is 88.1 Å². The van der Waals surface area contributed by atoms with Gasteiger partial charge in [0.2, 0.25) is 0 Å². The lowest BCUT2D eigenvalue weighted by molar-refractivity contribution is 0.280. The molecule has 2 N–H and O–H groups in total. The molecule has 1 rings (SSSR count). The minimum Gasteiger partial charge on any atom is -0.396 e. The number of nitrogens with one attached hydrogen (secondary N) is 1. The van der Waals surface area contributed by atoms with Gasteiger partial charge in [-0.1, -0.05) is 19.8 Å². The van der Waals surface area contributed by atoms with E-state index in [2.05, 4.69) is 12.2 Å². The second-order valence-electron chi connectivity index (χ2n) is 4.50. The van der Waals surface area contributed by atoms with Crippen LogP contribution >= 0.6 is 0 Å². The lowest BCUT2D eigenvalue weighted by atomic mass is 10.1. The zero-order valence-electron chi connectivity index (χ0n) is 9.47. The van der Waals surface area contributed by atoms with Crippen LogP contribution in [0.1, 0.15) is 58.3 Å². The van der Waals surface area contributed by atoms with Gasteiger partial charge in [0.1, 0.15) is 0 Å². The van der Waals surface area contributed by atoms with E-state index in [1.165, 1.54) is 44.9 Å². The predicted molar refractivity (Wildman–Crippen MR) is 60.4 cm³/mol. The molecule has 84 valence electrons. The molecular weight excluding hydrogens is 174 g/mol. The standard InChI is InChI=1S/C12H25NO/c1-2-3-6-11-8-9-12(13-11)7-4-5-10-14/h11-14H,2-10H2,1H3/t11-,12+/m0/s1. The van der Waals surface area contributed by atoms with E-state index in [1.54, 1.807) is 0 Å². The zero-order chi connectivity index (χ0) is 10.2. The van der Waals surface area contributed by atoms with Crippen molar-refractivity contribution in [1.29, 1.82) is 0 Å². The summed E-state index contributed by atoms with van der Waals surface area (Å²) in [7, 11) is 0. The normalized spacial score (nSPS) is 27.0. The quantitative estimate of drug-likeness (QED) is 0.617. The lowest BCUT2D eigenvalue weighted by Gasteiger charge is -2.13. The van der Waals surface area contributed by atoms with Crippen molar-refractivity contribution < 1.29 is 5.11 Å². The summed E-state index contributed by atoms with van der Waals surface area (Å²) < 4.78 is 0. The Morgan fingerprint density at radius 1 is 1.07 bits per heavy atom. The van der Waals surface area contributed by atoms with Gasteiger partial charge in [-0.05, 0) is 38.5 Å². The first-order valence-electron chi connectivity index (χ1n) is 6.23. The predicted octanol–water partition coefficient (Wildman–Crippen LogP) is 2.46. The molecule has 0 saturated carbocycles. The summed E-state index contributed by atoms with van der Waals surface area (Å²) in [6.07, 6.45) is 10.1. The SMILES string of the molecule is CCCC[C@H]1CC[C@@H](CCCCO)N1. The topological polar surface area (TPSA) is 32.3 Å². The maximum atomic E-state index is 8.69. The Morgan fingerprint density at radius 2 is 1.71 bits per heavy atom. The van der Waals surface area contributed by atoms with Gasteiger partial charge >= 0.3 is 0 Å². The van der Waals surface area contributed by atoms with Gasteiger partial charge in [-0.25, -0.2) is 0 Å². The molecule has 0 spiro atoms. The molecule has 0 aromatic rings. The van der Waals surface area contributed by atoms with Crippen LogP contribution in [-0.4, -0.2) is 23.8 Å². The van der Waals surface area contributed by atoms with E-state index in [0.29, 0.717) is 6.61 Å². The van der Waals surface area contributed by atoms with Crippen LogP contribution in [0.2, 0.25) is 0 Å². The van der Waals surface area contributed by atoms with E-state index in [4.69, 9.17) is 5.11 Å². The second kappa shape index (κ2) is 7.24. The Morgan fingerprint density at radius 3 is 2.29 bits per heavy atom. The molecule has 1 heterocycles. The van der Waals surface area contributed by atoms with Crippen LogP contribution in [0.25, 0.3) is 0 Å². The van der Waals surface area contributed by atoms with Crippen molar-refractivity contribution in [3.05, 3.63) is 0 Å². The number of hydrogen-bond acceptors (Lipinski definition) is 2. The highest BCUT2D eigenvalue weighted by Crippen LogP contribution is 2.20. The molecule has 0 aliphatic carbocycles. The minimum absolute atomic E-state index is 0.353. The van der Waals surface area contributed by atoms with Crippen molar-refractivity contribution in [2.24, 2.45) is 0 Å². The van der Waals surface area contributed by atoms with Gasteiger partial charge in [-0.3, -0.25) is 0 Å². The molecule has 1 fully saturated rings. The highest BCUT2D eigenvalue weighted by Gasteiger charge is 2.22. The summed E-state index contributed by atoms with van der Waals surface area (Å²) in [5, 5.41) is 12.4. The monoisotopic (exact) mass is 199 g/mol. The van der Waals surface area contributed by atoms with Gasteiger partial charge < -0.3 is 10.4 Å². The van der Waals surface area contributed by atoms with Crippen LogP contribution in [0.4, 0.5) is 0 Å². The van der Waals surface area contributed by atoms with Gasteiger partial charge in [0.05, 0.1) is 0 Å². The van der Waals surface area contributed by atoms with Crippen LogP contribution in [0.15, 0.2) is 0 Å². The van der Waals surface area contributed by atoms with Crippen molar-refractivity contribution >= 4 is 0 Å². The van der Waals surface area contributed by atoms with Crippen molar-refractivity contribution in [3.8, 4) is 0 Å². The van der Waals surface area contributed by atoms with E-state index in [-0.39, 0.29) is 0 Å². The molecule has 0 aromatic heterocycles. The fourth-order valence-corrected chi connectivity index (χ4v) is 2.31. The Balaban J connectivity index is 2.02. The number of hydrogen-bond donors (Lipinski definition) is 2. The van der Waals surface area contributed by atoms with Gasteiger partial charge in [0.25, 0.3) is 0 Å². The molecule has 0 unspecified atom stereocenters. The largest absolute Gasteiger partial charge is 0.396 e. The number of rotatable bonds is 7. The Bertz CT molecular complexity index is 138. The molecule has 2 atom stereocenters. The van der Waals surface area contributed by atoms with Crippen molar-refractivity contribution in [1.82, 2.24) is 5.32 Å². The van der Waals surface area contributed by atoms with Crippen LogP contribution < -0.4 is 5.32 Å². The van der Waals surface area contributed by atoms with Crippen molar-refractivity contribution in [2.45, 2.75) is 70.4 Å². The van der Waals surface area contributed by atoms with Gasteiger partial charge in [-0.15, -0.1) is 0 Å². The number of unbranched alkanes of at least 4 members (excludes halogenated alkanes) is 2. The third-order valence-corrected chi connectivity index (χ3v) is 3.20. The van der Waals surface area contributed by atoms with Crippen molar-refractivity contribution in [3.63, 3.8) is 0 Å². The maximum absolute atomic E-state index is 8.69. The smallest absolute Gasteiger partial charge is 0.0431 e. The molecule has 1 aliphatic heterocycles. The molecule has 2 nitrogen and oxygen atoms in total. The first kappa shape index (κ1) is 12.0. The van der Waals surface area contributed by atoms with Crippen LogP contribution in [0, 0.1) is 0 Å². The molecule has 0 bridgehead atoms. The lowest BCUT2D eigenvalue weighted by Crippen LogP contribution is -2.29. The molecule has 0 radical (unpaired) electrons. The first-order valence-corrected chi connectivity index (χ1v) is 6.23. The third kappa shape index (κ3) is 4.43. The van der Waals surface area contributed by atoms with E-state index in [0.717, 1.165) is 18.5 Å². The summed E-state index contributed by atoms with van der Waals surface area (Å²) >= 11 is 0. The van der Waals surface area contributed by atoms with E-state index >= 15 is 0 Å². The Hall–Kier alpha value is -0.0800. The van der Waals surface area contributed by atoms with Gasteiger partial charge in [0, 0.05) is 18.7 Å². The van der Waals surface area contributed by atoms with Gasteiger partial charge in [0.15, 0.2) is 0 Å². The van der Waals surface area contributed by atoms with Crippen molar-refractivity contribution in [2.75, 3.05) is 6.61 Å². The highest BCUT2D eigenvalue weighted by atomic mass is 16.2. The molecule has 2 heteroatoms. The molecule has 1 saturated heterocycles. The molecule has 1 aliphatic rings. The van der Waals surface area contributed by atoms with Gasteiger partial charge in [-0.2, -0.15) is 0 Å². The highest BCUT2D eigenvalue weighted by molar-refractivity contribution is 4.82. The molecule has 0 aromatic carbocycles. The maximum Gasteiger partial charge on any atom is 0.0431 e.